The Morgan fingerprint density at radius 2 is 2.06 bits per heavy atom. The molecule has 0 radical (unpaired) electrons. The first-order valence-electron chi connectivity index (χ1n) is 5.72. The summed E-state index contributed by atoms with van der Waals surface area (Å²) in [6.07, 6.45) is 0. The second kappa shape index (κ2) is 5.85. The molecule has 0 fully saturated rings. The standard InChI is InChI=1S/C13H20FNO/c1-4-16-13-6-5-10(7-12(13)14)11(8-15)9(2)3/h5-7,9,11H,4,8,15H2,1-3H3. The van der Waals surface area contributed by atoms with Crippen molar-refractivity contribution in [1.29, 1.82) is 0 Å². The van der Waals surface area contributed by atoms with Gasteiger partial charge in [-0.05, 0) is 43.0 Å². The molecule has 0 saturated carbocycles. The van der Waals surface area contributed by atoms with E-state index >= 15 is 0 Å². The van der Waals surface area contributed by atoms with Crippen LogP contribution in [-0.4, -0.2) is 13.2 Å². The van der Waals surface area contributed by atoms with Crippen LogP contribution in [0.25, 0.3) is 0 Å². The molecule has 0 aromatic heterocycles. The molecular formula is C13H20FNO. The van der Waals surface area contributed by atoms with Gasteiger partial charge in [0.2, 0.25) is 0 Å². The summed E-state index contributed by atoms with van der Waals surface area (Å²) in [4.78, 5) is 0. The molecule has 0 aliphatic rings. The van der Waals surface area contributed by atoms with Gasteiger partial charge in [-0.25, -0.2) is 4.39 Å². The number of hydrogen-bond donors (Lipinski definition) is 1. The van der Waals surface area contributed by atoms with E-state index in [1.165, 1.54) is 6.07 Å². The van der Waals surface area contributed by atoms with Gasteiger partial charge >= 0.3 is 0 Å². The molecule has 3 heteroatoms. The Bertz CT molecular complexity index is 339. The fourth-order valence-corrected chi connectivity index (χ4v) is 1.81. The third kappa shape index (κ3) is 2.95. The summed E-state index contributed by atoms with van der Waals surface area (Å²) < 4.78 is 18.8. The van der Waals surface area contributed by atoms with Gasteiger partial charge in [-0.15, -0.1) is 0 Å². The lowest BCUT2D eigenvalue weighted by Crippen LogP contribution is -2.18. The van der Waals surface area contributed by atoms with Crippen LogP contribution in [0.5, 0.6) is 5.75 Å². The maximum absolute atomic E-state index is 13.6. The SMILES string of the molecule is CCOc1ccc(C(CN)C(C)C)cc1F. The van der Waals surface area contributed by atoms with Gasteiger partial charge in [0.1, 0.15) is 0 Å². The largest absolute Gasteiger partial charge is 0.491 e. The maximum atomic E-state index is 13.6. The fraction of sp³-hybridized carbons (Fsp3) is 0.538. The summed E-state index contributed by atoms with van der Waals surface area (Å²) in [6.45, 7) is 7.02. The van der Waals surface area contributed by atoms with E-state index in [0.29, 0.717) is 24.8 Å². The van der Waals surface area contributed by atoms with Crippen molar-refractivity contribution in [1.82, 2.24) is 0 Å². The first kappa shape index (κ1) is 13.0. The normalized spacial score (nSPS) is 12.9. The van der Waals surface area contributed by atoms with Gasteiger partial charge < -0.3 is 10.5 Å². The lowest BCUT2D eigenvalue weighted by atomic mass is 9.88. The highest BCUT2D eigenvalue weighted by atomic mass is 19.1. The van der Waals surface area contributed by atoms with Crippen molar-refractivity contribution in [2.45, 2.75) is 26.7 Å². The van der Waals surface area contributed by atoms with E-state index < -0.39 is 0 Å². The Labute approximate surface area is 96.6 Å². The van der Waals surface area contributed by atoms with Crippen LogP contribution < -0.4 is 10.5 Å². The molecule has 1 rings (SSSR count). The molecule has 0 saturated heterocycles. The van der Waals surface area contributed by atoms with Crippen molar-refractivity contribution in [2.24, 2.45) is 11.7 Å². The quantitative estimate of drug-likeness (QED) is 0.836. The second-order valence-electron chi connectivity index (χ2n) is 4.21. The van der Waals surface area contributed by atoms with E-state index in [2.05, 4.69) is 13.8 Å². The van der Waals surface area contributed by atoms with Crippen LogP contribution in [-0.2, 0) is 0 Å². The Kier molecular flexibility index (Phi) is 4.74. The van der Waals surface area contributed by atoms with E-state index in [1.54, 1.807) is 6.07 Å². The van der Waals surface area contributed by atoms with Crippen LogP contribution in [0.15, 0.2) is 18.2 Å². The molecular weight excluding hydrogens is 205 g/mol. The van der Waals surface area contributed by atoms with Crippen molar-refractivity contribution < 1.29 is 9.13 Å². The summed E-state index contributed by atoms with van der Waals surface area (Å²) >= 11 is 0. The smallest absolute Gasteiger partial charge is 0.165 e. The van der Waals surface area contributed by atoms with E-state index in [1.807, 2.05) is 13.0 Å². The predicted molar refractivity (Wildman–Crippen MR) is 64.2 cm³/mol. The zero-order chi connectivity index (χ0) is 12.1. The Morgan fingerprint density at radius 1 is 1.38 bits per heavy atom. The molecule has 16 heavy (non-hydrogen) atoms. The Morgan fingerprint density at radius 3 is 2.50 bits per heavy atom. The van der Waals surface area contributed by atoms with Crippen molar-refractivity contribution >= 4 is 0 Å². The monoisotopic (exact) mass is 225 g/mol. The number of rotatable bonds is 5. The van der Waals surface area contributed by atoms with Gasteiger partial charge in [-0.2, -0.15) is 0 Å². The van der Waals surface area contributed by atoms with E-state index in [-0.39, 0.29) is 11.7 Å². The molecule has 1 atom stereocenters. The highest BCUT2D eigenvalue weighted by Crippen LogP contribution is 2.27. The molecule has 1 aromatic rings. The minimum Gasteiger partial charge on any atom is -0.491 e. The highest BCUT2D eigenvalue weighted by Gasteiger charge is 2.15. The maximum Gasteiger partial charge on any atom is 0.165 e. The average molecular weight is 225 g/mol. The van der Waals surface area contributed by atoms with Gasteiger partial charge in [0.05, 0.1) is 6.61 Å². The van der Waals surface area contributed by atoms with Crippen molar-refractivity contribution in [2.75, 3.05) is 13.2 Å². The van der Waals surface area contributed by atoms with E-state index in [4.69, 9.17) is 10.5 Å². The van der Waals surface area contributed by atoms with Crippen molar-refractivity contribution in [3.05, 3.63) is 29.6 Å². The number of benzene rings is 1. The lowest BCUT2D eigenvalue weighted by molar-refractivity contribution is 0.321. The fourth-order valence-electron chi connectivity index (χ4n) is 1.81. The van der Waals surface area contributed by atoms with Crippen LogP contribution in [0, 0.1) is 11.7 Å². The van der Waals surface area contributed by atoms with Crippen LogP contribution in [0.4, 0.5) is 4.39 Å². The molecule has 1 unspecified atom stereocenters. The Hall–Kier alpha value is -1.09. The number of halogens is 1. The summed E-state index contributed by atoms with van der Waals surface area (Å²) in [5.74, 6) is 0.608. The summed E-state index contributed by atoms with van der Waals surface area (Å²) in [5.41, 5.74) is 6.64. The highest BCUT2D eigenvalue weighted by molar-refractivity contribution is 5.31. The second-order valence-corrected chi connectivity index (χ2v) is 4.21. The first-order chi connectivity index (χ1) is 7.60. The van der Waals surface area contributed by atoms with E-state index in [9.17, 15) is 4.39 Å². The minimum absolute atomic E-state index is 0.199. The van der Waals surface area contributed by atoms with Crippen LogP contribution >= 0.6 is 0 Å². The zero-order valence-corrected chi connectivity index (χ0v) is 10.2. The molecule has 0 amide bonds. The lowest BCUT2D eigenvalue weighted by Gasteiger charge is -2.19. The molecule has 0 aliphatic carbocycles. The Balaban J connectivity index is 2.95. The molecule has 0 aliphatic heterocycles. The molecule has 0 bridgehead atoms. The average Bonchev–Trinajstić information content (AvgIpc) is 2.22. The van der Waals surface area contributed by atoms with Gasteiger partial charge in [-0.3, -0.25) is 0 Å². The molecule has 0 spiro atoms. The van der Waals surface area contributed by atoms with Crippen LogP contribution in [0.2, 0.25) is 0 Å². The third-order valence-electron chi connectivity index (χ3n) is 2.74. The van der Waals surface area contributed by atoms with Crippen LogP contribution in [0.1, 0.15) is 32.3 Å². The van der Waals surface area contributed by atoms with Gasteiger partial charge in [0.15, 0.2) is 11.6 Å². The zero-order valence-electron chi connectivity index (χ0n) is 10.2. The number of nitrogens with two attached hydrogens (primary N) is 1. The number of hydrogen-bond acceptors (Lipinski definition) is 2. The summed E-state index contributed by atoms with van der Waals surface area (Å²) in [5, 5.41) is 0. The molecule has 2 N–H and O–H groups in total. The predicted octanol–water partition coefficient (Wildman–Crippen LogP) is 2.92. The molecule has 2 nitrogen and oxygen atoms in total. The first-order valence-corrected chi connectivity index (χ1v) is 5.72. The van der Waals surface area contributed by atoms with Crippen molar-refractivity contribution in [3.63, 3.8) is 0 Å². The summed E-state index contributed by atoms with van der Waals surface area (Å²) in [7, 11) is 0. The van der Waals surface area contributed by atoms with Gasteiger partial charge in [0, 0.05) is 0 Å². The van der Waals surface area contributed by atoms with Gasteiger partial charge in [0.25, 0.3) is 0 Å². The molecule has 1 aromatic carbocycles. The topological polar surface area (TPSA) is 35.2 Å². The van der Waals surface area contributed by atoms with Gasteiger partial charge in [-0.1, -0.05) is 19.9 Å². The third-order valence-corrected chi connectivity index (χ3v) is 2.74. The number of ether oxygens (including phenoxy) is 1. The molecule has 90 valence electrons. The van der Waals surface area contributed by atoms with Crippen molar-refractivity contribution in [3.8, 4) is 5.75 Å². The summed E-state index contributed by atoms with van der Waals surface area (Å²) in [6, 6.07) is 5.10. The minimum atomic E-state index is -0.307. The molecule has 0 heterocycles. The van der Waals surface area contributed by atoms with E-state index in [0.717, 1.165) is 5.56 Å². The van der Waals surface area contributed by atoms with Crippen LogP contribution in [0.3, 0.4) is 0 Å².